The van der Waals surface area contributed by atoms with Crippen LogP contribution in [0.15, 0.2) is 12.4 Å². The van der Waals surface area contributed by atoms with E-state index in [0.717, 1.165) is 38.2 Å². The third-order valence-electron chi connectivity index (χ3n) is 3.49. The van der Waals surface area contributed by atoms with Gasteiger partial charge in [0.1, 0.15) is 5.82 Å². The molecule has 1 aromatic rings. The summed E-state index contributed by atoms with van der Waals surface area (Å²) in [6.45, 7) is 6.34. The zero-order valence-corrected chi connectivity index (χ0v) is 10.3. The Morgan fingerprint density at radius 1 is 1.44 bits per heavy atom. The highest BCUT2D eigenvalue weighted by Crippen LogP contribution is 2.29. The van der Waals surface area contributed by atoms with Gasteiger partial charge >= 0.3 is 0 Å². The van der Waals surface area contributed by atoms with Crippen LogP contribution in [0.25, 0.3) is 0 Å². The number of nitrogens with one attached hydrogen (secondary N) is 2. The maximum Gasteiger partial charge on any atom is 0.120 e. The van der Waals surface area contributed by atoms with E-state index >= 15 is 0 Å². The third kappa shape index (κ3) is 3.61. The van der Waals surface area contributed by atoms with E-state index in [0.29, 0.717) is 0 Å². The van der Waals surface area contributed by atoms with Gasteiger partial charge in [0.2, 0.25) is 0 Å². The molecule has 0 unspecified atom stereocenters. The minimum Gasteiger partial charge on any atom is -0.396 e. The summed E-state index contributed by atoms with van der Waals surface area (Å²) in [6.07, 6.45) is 6.64. The number of imidazole rings is 1. The molecule has 16 heavy (non-hydrogen) atoms. The summed E-state index contributed by atoms with van der Waals surface area (Å²) in [7, 11) is 0. The van der Waals surface area contributed by atoms with Crippen molar-refractivity contribution in [2.45, 2.75) is 39.7 Å². The van der Waals surface area contributed by atoms with Crippen molar-refractivity contribution < 1.29 is 5.11 Å². The van der Waals surface area contributed by atoms with Crippen LogP contribution in [0.1, 0.15) is 38.9 Å². The average molecular weight is 225 g/mol. The number of aliphatic hydroxyl groups excluding tert-OH is 1. The molecule has 0 bridgehead atoms. The Morgan fingerprint density at radius 3 is 2.69 bits per heavy atom. The van der Waals surface area contributed by atoms with Crippen LogP contribution in [0.4, 0.5) is 0 Å². The molecule has 4 heteroatoms. The number of hydrogen-bond acceptors (Lipinski definition) is 3. The fourth-order valence-corrected chi connectivity index (χ4v) is 2.02. The van der Waals surface area contributed by atoms with E-state index in [1.165, 1.54) is 0 Å². The van der Waals surface area contributed by atoms with Gasteiger partial charge in [-0.2, -0.15) is 0 Å². The van der Waals surface area contributed by atoms with Crippen molar-refractivity contribution in [1.29, 1.82) is 0 Å². The minimum atomic E-state index is 0.224. The number of aromatic nitrogens is 2. The zero-order valence-electron chi connectivity index (χ0n) is 10.3. The molecule has 1 rings (SSSR count). The molecule has 0 amide bonds. The number of aromatic amines is 1. The normalized spacial score (nSPS) is 11.9. The van der Waals surface area contributed by atoms with Crippen molar-refractivity contribution in [3.8, 4) is 0 Å². The lowest BCUT2D eigenvalue weighted by Crippen LogP contribution is -2.34. The van der Waals surface area contributed by atoms with Crippen LogP contribution in [0.2, 0.25) is 0 Å². The van der Waals surface area contributed by atoms with Gasteiger partial charge in [0.15, 0.2) is 0 Å². The molecule has 0 aliphatic rings. The van der Waals surface area contributed by atoms with E-state index in [4.69, 9.17) is 5.11 Å². The summed E-state index contributed by atoms with van der Waals surface area (Å²) in [4.78, 5) is 7.23. The Kier molecular flexibility index (Phi) is 5.49. The molecule has 0 aromatic carbocycles. The number of H-pyrrole nitrogens is 1. The second-order valence-electron chi connectivity index (χ2n) is 4.32. The molecular formula is C12H23N3O. The molecule has 0 atom stereocenters. The monoisotopic (exact) mass is 225 g/mol. The second-order valence-corrected chi connectivity index (χ2v) is 4.32. The Labute approximate surface area is 97.5 Å². The van der Waals surface area contributed by atoms with E-state index in [9.17, 15) is 0 Å². The van der Waals surface area contributed by atoms with Gasteiger partial charge in [-0.25, -0.2) is 4.98 Å². The van der Waals surface area contributed by atoms with Crippen LogP contribution in [-0.2, 0) is 6.54 Å². The lowest BCUT2D eigenvalue weighted by atomic mass is 9.79. The van der Waals surface area contributed by atoms with Crippen LogP contribution in [-0.4, -0.2) is 28.2 Å². The average Bonchev–Trinajstić information content (AvgIpc) is 2.81. The van der Waals surface area contributed by atoms with Gasteiger partial charge in [-0.1, -0.05) is 13.8 Å². The highest BCUT2D eigenvalue weighted by atomic mass is 16.3. The van der Waals surface area contributed by atoms with Crippen molar-refractivity contribution in [3.05, 3.63) is 18.2 Å². The van der Waals surface area contributed by atoms with E-state index in [1.807, 2.05) is 6.20 Å². The zero-order chi connectivity index (χ0) is 11.9. The Bertz CT molecular complexity index is 268. The standard InChI is InChI=1S/C12H23N3O/c1-3-12(4-2,5-8-16)10-13-9-11-14-6-7-15-11/h6-7,13,16H,3-5,8-10H2,1-2H3,(H,14,15). The Hall–Kier alpha value is -0.870. The van der Waals surface area contributed by atoms with Crippen LogP contribution < -0.4 is 5.32 Å². The van der Waals surface area contributed by atoms with Crippen LogP contribution in [0, 0.1) is 5.41 Å². The highest BCUT2D eigenvalue weighted by Gasteiger charge is 2.24. The summed E-state index contributed by atoms with van der Waals surface area (Å²) in [5, 5.41) is 12.5. The molecule has 0 spiro atoms. The van der Waals surface area contributed by atoms with Crippen LogP contribution in [0.3, 0.4) is 0 Å². The first-order valence-electron chi connectivity index (χ1n) is 6.06. The molecule has 0 aliphatic carbocycles. The largest absolute Gasteiger partial charge is 0.396 e. The minimum absolute atomic E-state index is 0.224. The van der Waals surface area contributed by atoms with Crippen molar-refractivity contribution >= 4 is 0 Å². The van der Waals surface area contributed by atoms with Crippen molar-refractivity contribution in [3.63, 3.8) is 0 Å². The molecule has 3 N–H and O–H groups in total. The topological polar surface area (TPSA) is 60.9 Å². The second kappa shape index (κ2) is 6.66. The quantitative estimate of drug-likeness (QED) is 0.631. The summed E-state index contributed by atoms with van der Waals surface area (Å²) >= 11 is 0. The maximum atomic E-state index is 9.10. The van der Waals surface area contributed by atoms with E-state index in [2.05, 4.69) is 29.1 Å². The SMILES string of the molecule is CCC(CC)(CCO)CNCc1ncc[nH]1. The number of hydrogen-bond donors (Lipinski definition) is 3. The van der Waals surface area contributed by atoms with Crippen LogP contribution in [0.5, 0.6) is 0 Å². The van der Waals surface area contributed by atoms with Crippen molar-refractivity contribution in [2.75, 3.05) is 13.2 Å². The van der Waals surface area contributed by atoms with E-state index in [-0.39, 0.29) is 12.0 Å². The lowest BCUT2D eigenvalue weighted by Gasteiger charge is -2.31. The van der Waals surface area contributed by atoms with Gasteiger partial charge in [0, 0.05) is 25.5 Å². The summed E-state index contributed by atoms with van der Waals surface area (Å²) in [5.41, 5.74) is 0.224. The number of aliphatic hydroxyl groups is 1. The fraction of sp³-hybridized carbons (Fsp3) is 0.750. The Morgan fingerprint density at radius 2 is 2.19 bits per heavy atom. The molecule has 0 fully saturated rings. The summed E-state index contributed by atoms with van der Waals surface area (Å²) in [6, 6.07) is 0. The molecule has 92 valence electrons. The maximum absolute atomic E-state index is 9.10. The molecule has 0 radical (unpaired) electrons. The van der Waals surface area contributed by atoms with Gasteiger partial charge in [0.25, 0.3) is 0 Å². The predicted molar refractivity (Wildman–Crippen MR) is 65.0 cm³/mol. The molecular weight excluding hydrogens is 202 g/mol. The third-order valence-corrected chi connectivity index (χ3v) is 3.49. The van der Waals surface area contributed by atoms with Crippen molar-refractivity contribution in [1.82, 2.24) is 15.3 Å². The summed E-state index contributed by atoms with van der Waals surface area (Å²) in [5.74, 6) is 0.963. The van der Waals surface area contributed by atoms with Gasteiger partial charge in [-0.15, -0.1) is 0 Å². The van der Waals surface area contributed by atoms with Crippen LogP contribution >= 0.6 is 0 Å². The first kappa shape index (κ1) is 13.2. The van der Waals surface area contributed by atoms with Crippen molar-refractivity contribution in [2.24, 2.45) is 5.41 Å². The Balaban J connectivity index is 2.37. The van der Waals surface area contributed by atoms with Gasteiger partial charge in [-0.05, 0) is 24.7 Å². The lowest BCUT2D eigenvalue weighted by molar-refractivity contribution is 0.163. The van der Waals surface area contributed by atoms with E-state index < -0.39 is 0 Å². The van der Waals surface area contributed by atoms with E-state index in [1.54, 1.807) is 6.20 Å². The predicted octanol–water partition coefficient (Wildman–Crippen LogP) is 1.69. The fourth-order valence-electron chi connectivity index (χ4n) is 2.02. The smallest absolute Gasteiger partial charge is 0.120 e. The first-order chi connectivity index (χ1) is 7.76. The highest BCUT2D eigenvalue weighted by molar-refractivity contribution is 4.87. The molecule has 1 aromatic heterocycles. The summed E-state index contributed by atoms with van der Waals surface area (Å²) < 4.78 is 0. The molecule has 0 saturated carbocycles. The number of rotatable bonds is 8. The van der Waals surface area contributed by atoms with Gasteiger partial charge < -0.3 is 15.4 Å². The van der Waals surface area contributed by atoms with Gasteiger partial charge in [0.05, 0.1) is 6.54 Å². The number of nitrogens with zero attached hydrogens (tertiary/aromatic N) is 1. The van der Waals surface area contributed by atoms with Gasteiger partial charge in [-0.3, -0.25) is 0 Å². The molecule has 0 saturated heterocycles. The molecule has 0 aliphatic heterocycles. The molecule has 1 heterocycles. The first-order valence-corrected chi connectivity index (χ1v) is 6.06. The molecule has 4 nitrogen and oxygen atoms in total.